The minimum Gasteiger partial charge on any atom is -0.232 e. The minimum absolute atomic E-state index is 0.586. The molecule has 3 heteroatoms. The Morgan fingerprint density at radius 3 is 2.20 bits per heavy atom. The first kappa shape index (κ1) is 5.61. The SMILES string of the molecule is O=C=C(P)I. The van der Waals surface area contributed by atoms with Gasteiger partial charge in [-0.05, 0) is 22.6 Å². The van der Waals surface area contributed by atoms with Crippen LogP contribution in [0.3, 0.4) is 0 Å². The zero-order valence-corrected chi connectivity index (χ0v) is 5.68. The fourth-order valence-electron chi connectivity index (χ4n) is 0. The van der Waals surface area contributed by atoms with Crippen LogP contribution in [0.5, 0.6) is 0 Å². The molecule has 0 saturated heterocycles. The van der Waals surface area contributed by atoms with Gasteiger partial charge in [0.25, 0.3) is 0 Å². The molecule has 0 fully saturated rings. The Labute approximate surface area is 46.2 Å². The lowest BCUT2D eigenvalue weighted by Gasteiger charge is -1.59. The maximum absolute atomic E-state index is 9.31. The molecule has 0 radical (unpaired) electrons. The number of carbonyl (C=O) groups excluding carboxylic acids is 1. The fraction of sp³-hybridized carbons (Fsp3) is 0. The van der Waals surface area contributed by atoms with Crippen molar-refractivity contribution >= 4 is 37.8 Å². The van der Waals surface area contributed by atoms with Crippen LogP contribution in [-0.2, 0) is 4.79 Å². The number of hydrogen-bond donors (Lipinski definition) is 0. The van der Waals surface area contributed by atoms with Gasteiger partial charge in [0.05, 0.1) is 3.32 Å². The third-order valence-corrected chi connectivity index (χ3v) is 0.436. The first-order valence-corrected chi connectivity index (χ1v) is 2.59. The van der Waals surface area contributed by atoms with Gasteiger partial charge in [-0.25, -0.2) is 4.79 Å². The summed E-state index contributed by atoms with van der Waals surface area (Å²) in [5.41, 5.74) is 0. The summed E-state index contributed by atoms with van der Waals surface area (Å²) in [6.45, 7) is 0. The normalized spacial score (nSPS) is 6.00. The van der Waals surface area contributed by atoms with Crippen molar-refractivity contribution in [2.24, 2.45) is 0 Å². The fourth-order valence-corrected chi connectivity index (χ4v) is 0. The molecule has 1 atom stereocenters. The van der Waals surface area contributed by atoms with E-state index in [0.717, 1.165) is 0 Å². The van der Waals surface area contributed by atoms with Crippen molar-refractivity contribution in [3.05, 3.63) is 3.32 Å². The molecule has 1 nitrogen and oxygen atoms in total. The van der Waals surface area contributed by atoms with Crippen LogP contribution in [0.1, 0.15) is 0 Å². The molecule has 0 aliphatic heterocycles. The molecule has 0 saturated carbocycles. The second-order valence-corrected chi connectivity index (χ2v) is 3.36. The quantitative estimate of drug-likeness (QED) is 0.323. The van der Waals surface area contributed by atoms with Gasteiger partial charge in [-0.2, -0.15) is 0 Å². The van der Waals surface area contributed by atoms with E-state index in [1.165, 1.54) is 0 Å². The molecule has 0 aromatic rings. The van der Waals surface area contributed by atoms with Crippen LogP contribution < -0.4 is 0 Å². The summed E-state index contributed by atoms with van der Waals surface area (Å²) in [6.07, 6.45) is 0. The van der Waals surface area contributed by atoms with Crippen molar-refractivity contribution < 1.29 is 4.79 Å². The summed E-state index contributed by atoms with van der Waals surface area (Å²) in [5, 5.41) is 0. The average molecular weight is 200 g/mol. The Balaban J connectivity index is 3.60. The van der Waals surface area contributed by atoms with Gasteiger partial charge in [-0.1, -0.05) is 9.24 Å². The van der Waals surface area contributed by atoms with Crippen LogP contribution in [0.15, 0.2) is 3.32 Å². The van der Waals surface area contributed by atoms with E-state index in [4.69, 9.17) is 0 Å². The molecule has 0 rings (SSSR count). The van der Waals surface area contributed by atoms with Gasteiger partial charge in [0, 0.05) is 0 Å². The third kappa shape index (κ3) is 4.61. The molecule has 0 spiro atoms. The molecular weight excluding hydrogens is 198 g/mol. The van der Waals surface area contributed by atoms with Crippen LogP contribution in [0.2, 0.25) is 0 Å². The second kappa shape index (κ2) is 2.83. The Kier molecular flexibility index (Phi) is 3.17. The lowest BCUT2D eigenvalue weighted by molar-refractivity contribution is 0.569. The van der Waals surface area contributed by atoms with Crippen molar-refractivity contribution in [2.75, 3.05) is 0 Å². The number of rotatable bonds is 0. The predicted octanol–water partition coefficient (Wildman–Crippen LogP) is 0.970. The topological polar surface area (TPSA) is 17.1 Å². The summed E-state index contributed by atoms with van der Waals surface area (Å²) in [7, 11) is 2.21. The number of hydrogen-bond acceptors (Lipinski definition) is 1. The molecular formula is C2H2IOP. The maximum Gasteiger partial charge on any atom is 0.138 e. The molecule has 0 amide bonds. The Morgan fingerprint density at radius 1 is 2.00 bits per heavy atom. The van der Waals surface area contributed by atoms with E-state index in [2.05, 4.69) is 9.24 Å². The summed E-state index contributed by atoms with van der Waals surface area (Å²) in [5.74, 6) is 1.64. The Bertz CT molecular complexity index is 69.7. The highest BCUT2D eigenvalue weighted by atomic mass is 127. The van der Waals surface area contributed by atoms with Crippen LogP contribution in [0, 0.1) is 0 Å². The van der Waals surface area contributed by atoms with Crippen molar-refractivity contribution in [3.63, 3.8) is 0 Å². The summed E-state index contributed by atoms with van der Waals surface area (Å²) < 4.78 is 0.586. The standard InChI is InChI=1S/C2H2IOP/c3-2(5)1-4/h5H2. The lowest BCUT2D eigenvalue weighted by atomic mass is 11.2. The van der Waals surface area contributed by atoms with Gasteiger partial charge in [0.15, 0.2) is 0 Å². The molecule has 28 valence electrons. The van der Waals surface area contributed by atoms with Crippen LogP contribution >= 0.6 is 31.8 Å². The Morgan fingerprint density at radius 2 is 2.20 bits per heavy atom. The molecule has 0 aromatic heterocycles. The van der Waals surface area contributed by atoms with E-state index >= 15 is 0 Å². The predicted molar refractivity (Wildman–Crippen MR) is 32.9 cm³/mol. The monoisotopic (exact) mass is 200 g/mol. The van der Waals surface area contributed by atoms with Gasteiger partial charge in [0.2, 0.25) is 0 Å². The first-order valence-electron chi connectivity index (χ1n) is 0.932. The average Bonchev–Trinajstić information content (AvgIpc) is 1.38. The zero-order chi connectivity index (χ0) is 4.28. The van der Waals surface area contributed by atoms with E-state index < -0.39 is 0 Å². The van der Waals surface area contributed by atoms with Gasteiger partial charge in [-0.3, -0.25) is 0 Å². The van der Waals surface area contributed by atoms with E-state index in [9.17, 15) is 4.79 Å². The summed E-state index contributed by atoms with van der Waals surface area (Å²) in [4.78, 5) is 9.31. The largest absolute Gasteiger partial charge is 0.232 e. The van der Waals surface area contributed by atoms with E-state index in [0.29, 0.717) is 3.32 Å². The number of halogens is 1. The molecule has 0 aliphatic carbocycles. The summed E-state index contributed by atoms with van der Waals surface area (Å²) >= 11 is 1.86. The van der Waals surface area contributed by atoms with Gasteiger partial charge >= 0.3 is 0 Å². The van der Waals surface area contributed by atoms with Crippen molar-refractivity contribution in [1.82, 2.24) is 0 Å². The molecule has 0 N–H and O–H groups in total. The Hall–Kier alpha value is 0.610. The molecule has 1 unspecified atom stereocenters. The van der Waals surface area contributed by atoms with Gasteiger partial charge in [-0.15, -0.1) is 0 Å². The maximum atomic E-state index is 9.31. The summed E-state index contributed by atoms with van der Waals surface area (Å²) in [6, 6.07) is 0. The minimum atomic E-state index is 0.586. The third-order valence-electron chi connectivity index (χ3n) is 0.0975. The van der Waals surface area contributed by atoms with E-state index in [1.54, 1.807) is 5.94 Å². The van der Waals surface area contributed by atoms with Gasteiger partial charge < -0.3 is 0 Å². The molecule has 0 heterocycles. The zero-order valence-electron chi connectivity index (χ0n) is 2.36. The molecule has 5 heavy (non-hydrogen) atoms. The molecule has 0 bridgehead atoms. The van der Waals surface area contributed by atoms with E-state index in [-0.39, 0.29) is 0 Å². The highest BCUT2D eigenvalue weighted by Gasteiger charge is 1.66. The van der Waals surface area contributed by atoms with Crippen molar-refractivity contribution in [1.29, 1.82) is 0 Å². The van der Waals surface area contributed by atoms with Crippen LogP contribution in [-0.4, -0.2) is 5.94 Å². The van der Waals surface area contributed by atoms with Crippen LogP contribution in [0.4, 0.5) is 0 Å². The second-order valence-electron chi connectivity index (χ2n) is 0.450. The molecule has 0 aliphatic rings. The van der Waals surface area contributed by atoms with Crippen molar-refractivity contribution in [2.45, 2.75) is 0 Å². The van der Waals surface area contributed by atoms with Crippen LogP contribution in [0.25, 0.3) is 0 Å². The van der Waals surface area contributed by atoms with Gasteiger partial charge in [0.1, 0.15) is 5.94 Å². The molecule has 0 aromatic carbocycles. The highest BCUT2D eigenvalue weighted by molar-refractivity contribution is 14.1. The first-order chi connectivity index (χ1) is 2.27. The lowest BCUT2D eigenvalue weighted by Crippen LogP contribution is -1.40. The van der Waals surface area contributed by atoms with E-state index in [1.807, 2.05) is 22.6 Å². The smallest absolute Gasteiger partial charge is 0.138 e. The van der Waals surface area contributed by atoms with Crippen molar-refractivity contribution in [3.8, 4) is 0 Å². The highest BCUT2D eigenvalue weighted by Crippen LogP contribution is 2.07.